The Morgan fingerprint density at radius 1 is 1.31 bits per heavy atom. The molecule has 1 aliphatic rings. The quantitative estimate of drug-likeness (QED) is 0.836. The second-order valence-electron chi connectivity index (χ2n) is 7.92. The van der Waals surface area contributed by atoms with Crippen LogP contribution in [0, 0.1) is 19.8 Å². The van der Waals surface area contributed by atoms with E-state index in [-0.39, 0.29) is 17.2 Å². The molecule has 3 heterocycles. The van der Waals surface area contributed by atoms with Gasteiger partial charge >= 0.3 is 0 Å². The normalized spacial score (nSPS) is 17.6. The molecule has 1 atom stereocenters. The summed E-state index contributed by atoms with van der Waals surface area (Å²) in [4.78, 5) is 14.5. The van der Waals surface area contributed by atoms with Gasteiger partial charge in [0, 0.05) is 30.5 Å². The average Bonchev–Trinajstić information content (AvgIpc) is 3.19. The summed E-state index contributed by atoms with van der Waals surface area (Å²) in [6, 6.07) is 3.81. The van der Waals surface area contributed by atoms with Crippen molar-refractivity contribution in [2.45, 2.75) is 46.5 Å². The summed E-state index contributed by atoms with van der Waals surface area (Å²) >= 11 is 0. The number of likely N-dealkylation sites (tertiary alicyclic amines) is 1. The number of aryl methyl sites for hydroxylation is 2. The average molecular weight is 358 g/mol. The fourth-order valence-corrected chi connectivity index (χ4v) is 3.10. The van der Waals surface area contributed by atoms with Crippen LogP contribution in [0.2, 0.25) is 0 Å². The van der Waals surface area contributed by atoms with Crippen LogP contribution >= 0.6 is 0 Å². The Labute approximate surface area is 153 Å². The summed E-state index contributed by atoms with van der Waals surface area (Å²) in [5.41, 5.74) is 2.12. The van der Waals surface area contributed by atoms with Crippen LogP contribution in [-0.2, 0) is 5.41 Å². The zero-order valence-electron chi connectivity index (χ0n) is 16.1. The monoisotopic (exact) mass is 358 g/mol. The SMILES string of the molecule is Cc1noc(C)c1C(=O)N1CCC(COc2ccc(C(C)(C)C)nn2)C1. The molecule has 1 aliphatic heterocycles. The Hall–Kier alpha value is -2.44. The minimum atomic E-state index is -0.0317. The molecule has 0 saturated carbocycles. The van der Waals surface area contributed by atoms with E-state index in [1.807, 2.05) is 17.0 Å². The number of nitrogens with zero attached hydrogens (tertiary/aromatic N) is 4. The third-order valence-electron chi connectivity index (χ3n) is 4.70. The number of rotatable bonds is 4. The standard InChI is InChI=1S/C19H26N4O3/c1-12-17(13(2)26-22-12)18(24)23-9-8-14(10-23)11-25-16-7-6-15(20-21-16)19(3,4)5/h6-7,14H,8-11H2,1-5H3. The molecule has 3 rings (SSSR count). The van der Waals surface area contributed by atoms with Crippen LogP contribution < -0.4 is 4.74 Å². The molecule has 2 aromatic rings. The fraction of sp³-hybridized carbons (Fsp3) is 0.579. The number of carbonyl (C=O) groups excluding carboxylic acids is 1. The van der Waals surface area contributed by atoms with Crippen LogP contribution in [0.25, 0.3) is 0 Å². The van der Waals surface area contributed by atoms with Gasteiger partial charge in [0.05, 0.1) is 18.0 Å². The lowest BCUT2D eigenvalue weighted by Gasteiger charge is -2.17. The van der Waals surface area contributed by atoms with Crippen molar-refractivity contribution in [3.63, 3.8) is 0 Å². The summed E-state index contributed by atoms with van der Waals surface area (Å²) in [5.74, 6) is 1.36. The summed E-state index contributed by atoms with van der Waals surface area (Å²) in [6.07, 6.45) is 0.905. The third-order valence-corrected chi connectivity index (χ3v) is 4.70. The van der Waals surface area contributed by atoms with Gasteiger partial charge in [0.1, 0.15) is 11.3 Å². The van der Waals surface area contributed by atoms with Gasteiger partial charge in [-0.05, 0) is 26.3 Å². The van der Waals surface area contributed by atoms with Crippen molar-refractivity contribution < 1.29 is 14.1 Å². The van der Waals surface area contributed by atoms with E-state index in [1.54, 1.807) is 13.8 Å². The minimum Gasteiger partial charge on any atom is -0.476 e. The zero-order valence-corrected chi connectivity index (χ0v) is 16.1. The van der Waals surface area contributed by atoms with E-state index in [4.69, 9.17) is 9.26 Å². The molecule has 1 saturated heterocycles. The molecular formula is C19H26N4O3. The maximum Gasteiger partial charge on any atom is 0.259 e. The lowest BCUT2D eigenvalue weighted by molar-refractivity contribution is 0.0780. The number of amides is 1. The largest absolute Gasteiger partial charge is 0.476 e. The molecule has 2 aromatic heterocycles. The molecule has 7 heteroatoms. The lowest BCUT2D eigenvalue weighted by atomic mass is 9.92. The van der Waals surface area contributed by atoms with Crippen molar-refractivity contribution in [1.82, 2.24) is 20.3 Å². The van der Waals surface area contributed by atoms with Crippen LogP contribution in [0.1, 0.15) is 54.7 Å². The third kappa shape index (κ3) is 3.86. The maximum atomic E-state index is 12.7. The lowest BCUT2D eigenvalue weighted by Crippen LogP contribution is -2.30. The van der Waals surface area contributed by atoms with Crippen LogP contribution in [0.5, 0.6) is 5.88 Å². The van der Waals surface area contributed by atoms with Crippen LogP contribution in [0.15, 0.2) is 16.7 Å². The van der Waals surface area contributed by atoms with Gasteiger partial charge in [0.15, 0.2) is 0 Å². The van der Waals surface area contributed by atoms with Gasteiger partial charge < -0.3 is 14.2 Å². The highest BCUT2D eigenvalue weighted by atomic mass is 16.5. The second kappa shape index (κ2) is 7.05. The van der Waals surface area contributed by atoms with Gasteiger partial charge in [-0.15, -0.1) is 5.10 Å². The first-order valence-electron chi connectivity index (χ1n) is 8.95. The highest BCUT2D eigenvalue weighted by Gasteiger charge is 2.30. The van der Waals surface area contributed by atoms with E-state index < -0.39 is 0 Å². The molecule has 0 spiro atoms. The molecule has 26 heavy (non-hydrogen) atoms. The van der Waals surface area contributed by atoms with Gasteiger partial charge in [0.25, 0.3) is 5.91 Å². The van der Waals surface area contributed by atoms with Gasteiger partial charge in [-0.1, -0.05) is 25.9 Å². The number of ether oxygens (including phenoxy) is 1. The summed E-state index contributed by atoms with van der Waals surface area (Å²) < 4.78 is 10.9. The zero-order chi connectivity index (χ0) is 18.9. The first-order chi connectivity index (χ1) is 12.3. The number of hydrogen-bond acceptors (Lipinski definition) is 6. The van der Waals surface area contributed by atoms with Crippen molar-refractivity contribution >= 4 is 5.91 Å². The van der Waals surface area contributed by atoms with E-state index in [0.29, 0.717) is 42.6 Å². The Morgan fingerprint density at radius 3 is 2.65 bits per heavy atom. The maximum absolute atomic E-state index is 12.7. The van der Waals surface area contributed by atoms with Crippen molar-refractivity contribution in [3.05, 3.63) is 34.8 Å². The van der Waals surface area contributed by atoms with Crippen molar-refractivity contribution in [3.8, 4) is 5.88 Å². The highest BCUT2D eigenvalue weighted by molar-refractivity contribution is 5.96. The molecule has 1 fully saturated rings. The van der Waals surface area contributed by atoms with Crippen molar-refractivity contribution in [1.29, 1.82) is 0 Å². The smallest absolute Gasteiger partial charge is 0.259 e. The topological polar surface area (TPSA) is 81.4 Å². The van der Waals surface area contributed by atoms with Gasteiger partial charge in [0.2, 0.25) is 5.88 Å². The first kappa shape index (κ1) is 18.4. The Balaban J connectivity index is 1.54. The molecular weight excluding hydrogens is 332 g/mol. The predicted molar refractivity (Wildman–Crippen MR) is 96.2 cm³/mol. The van der Waals surface area contributed by atoms with Crippen molar-refractivity contribution in [2.24, 2.45) is 5.92 Å². The molecule has 0 bridgehead atoms. The highest BCUT2D eigenvalue weighted by Crippen LogP contribution is 2.23. The molecule has 0 aromatic carbocycles. The van der Waals surface area contributed by atoms with Gasteiger partial charge in [-0.2, -0.15) is 5.10 Å². The fourth-order valence-electron chi connectivity index (χ4n) is 3.10. The number of carbonyl (C=O) groups is 1. The van der Waals surface area contributed by atoms with E-state index in [9.17, 15) is 4.79 Å². The Kier molecular flexibility index (Phi) is 4.98. The first-order valence-corrected chi connectivity index (χ1v) is 8.95. The molecule has 1 amide bonds. The van der Waals surface area contributed by atoms with Gasteiger partial charge in [-0.3, -0.25) is 4.79 Å². The van der Waals surface area contributed by atoms with E-state index in [1.165, 1.54) is 0 Å². The van der Waals surface area contributed by atoms with E-state index in [2.05, 4.69) is 36.1 Å². The van der Waals surface area contributed by atoms with Crippen LogP contribution in [0.3, 0.4) is 0 Å². The van der Waals surface area contributed by atoms with Gasteiger partial charge in [-0.25, -0.2) is 0 Å². The van der Waals surface area contributed by atoms with E-state index >= 15 is 0 Å². The summed E-state index contributed by atoms with van der Waals surface area (Å²) in [7, 11) is 0. The van der Waals surface area contributed by atoms with Crippen LogP contribution in [0.4, 0.5) is 0 Å². The molecule has 0 N–H and O–H groups in total. The van der Waals surface area contributed by atoms with Crippen molar-refractivity contribution in [2.75, 3.05) is 19.7 Å². The minimum absolute atomic E-state index is 0.0157. The Morgan fingerprint density at radius 2 is 2.08 bits per heavy atom. The number of aromatic nitrogens is 3. The second-order valence-corrected chi connectivity index (χ2v) is 7.92. The molecule has 0 radical (unpaired) electrons. The Bertz CT molecular complexity index is 758. The molecule has 0 aliphatic carbocycles. The predicted octanol–water partition coefficient (Wildman–Crippen LogP) is 2.92. The molecule has 140 valence electrons. The summed E-state index contributed by atoms with van der Waals surface area (Å²) in [5, 5.41) is 12.3. The summed E-state index contributed by atoms with van der Waals surface area (Å²) in [6.45, 7) is 11.8. The van der Waals surface area contributed by atoms with E-state index in [0.717, 1.165) is 12.1 Å². The molecule has 1 unspecified atom stereocenters. The number of hydrogen-bond donors (Lipinski definition) is 0. The molecule has 7 nitrogen and oxygen atoms in total. The van der Waals surface area contributed by atoms with Crippen LogP contribution in [-0.4, -0.2) is 45.9 Å².